The highest BCUT2D eigenvalue weighted by molar-refractivity contribution is 6.31. The molecular formula is C14H15ClFN3O. The highest BCUT2D eigenvalue weighted by Crippen LogP contribution is 2.33. The molecular weight excluding hydrogens is 281 g/mol. The van der Waals surface area contributed by atoms with Crippen LogP contribution in [0.1, 0.15) is 12.8 Å². The van der Waals surface area contributed by atoms with Gasteiger partial charge >= 0.3 is 0 Å². The van der Waals surface area contributed by atoms with Crippen LogP contribution in [-0.4, -0.2) is 35.7 Å². The van der Waals surface area contributed by atoms with Crippen LogP contribution in [0, 0.1) is 11.7 Å². The monoisotopic (exact) mass is 295 g/mol. The van der Waals surface area contributed by atoms with Gasteiger partial charge in [0.2, 0.25) is 0 Å². The summed E-state index contributed by atoms with van der Waals surface area (Å²) in [7, 11) is 0. The van der Waals surface area contributed by atoms with Crippen LogP contribution in [0.2, 0.25) is 5.02 Å². The number of hydrogen-bond donors (Lipinski definition) is 1. The van der Waals surface area contributed by atoms with Crippen LogP contribution in [0.3, 0.4) is 0 Å². The third-order valence-electron chi connectivity index (χ3n) is 4.49. The van der Waals surface area contributed by atoms with E-state index in [0.29, 0.717) is 28.7 Å². The van der Waals surface area contributed by atoms with Gasteiger partial charge < -0.3 is 14.7 Å². The predicted octanol–water partition coefficient (Wildman–Crippen LogP) is 3.13. The molecule has 1 N–H and O–H groups in total. The van der Waals surface area contributed by atoms with Crippen molar-refractivity contribution in [1.82, 2.24) is 10.1 Å². The Hall–Kier alpha value is -1.33. The van der Waals surface area contributed by atoms with E-state index in [4.69, 9.17) is 16.1 Å². The van der Waals surface area contributed by atoms with Gasteiger partial charge in [0.25, 0.3) is 0 Å². The molecule has 3 aliphatic rings. The van der Waals surface area contributed by atoms with Crippen LogP contribution in [0.5, 0.6) is 0 Å². The van der Waals surface area contributed by atoms with Crippen LogP contribution in [0.4, 0.5) is 10.2 Å². The fourth-order valence-corrected chi connectivity index (χ4v) is 3.50. The molecule has 0 spiro atoms. The van der Waals surface area contributed by atoms with Gasteiger partial charge in [-0.05, 0) is 37.9 Å². The molecule has 0 radical (unpaired) electrons. The van der Waals surface area contributed by atoms with E-state index in [1.807, 2.05) is 0 Å². The molecule has 1 aromatic carbocycles. The maximum Gasteiger partial charge on any atom is 0.177 e. The number of anilines is 1. The van der Waals surface area contributed by atoms with E-state index in [1.54, 1.807) is 0 Å². The van der Waals surface area contributed by atoms with E-state index in [-0.39, 0.29) is 5.02 Å². The fraction of sp³-hybridized carbons (Fsp3) is 0.500. The molecule has 2 bridgehead atoms. The number of aromatic nitrogens is 1. The van der Waals surface area contributed by atoms with E-state index < -0.39 is 5.82 Å². The van der Waals surface area contributed by atoms with E-state index in [1.165, 1.54) is 38.1 Å². The molecule has 0 amide bonds. The van der Waals surface area contributed by atoms with E-state index in [2.05, 4.69) is 15.4 Å². The van der Waals surface area contributed by atoms with Crippen molar-refractivity contribution in [2.75, 3.05) is 25.0 Å². The minimum absolute atomic E-state index is 0.0584. The predicted molar refractivity (Wildman–Crippen MR) is 75.6 cm³/mol. The largest absolute Gasteiger partial charge is 0.362 e. The van der Waals surface area contributed by atoms with Crippen LogP contribution in [-0.2, 0) is 0 Å². The van der Waals surface area contributed by atoms with Crippen LogP contribution >= 0.6 is 11.6 Å². The van der Waals surface area contributed by atoms with Crippen LogP contribution in [0.25, 0.3) is 11.0 Å². The number of nitrogens with one attached hydrogen (secondary N) is 1. The van der Waals surface area contributed by atoms with Gasteiger partial charge in [-0.25, -0.2) is 4.39 Å². The van der Waals surface area contributed by atoms with Gasteiger partial charge in [0.15, 0.2) is 11.4 Å². The molecule has 20 heavy (non-hydrogen) atoms. The number of nitrogens with zero attached hydrogens (tertiary/aromatic N) is 2. The molecule has 3 saturated heterocycles. The van der Waals surface area contributed by atoms with Crippen molar-refractivity contribution in [1.29, 1.82) is 0 Å². The number of piperidine rings is 3. The highest BCUT2D eigenvalue weighted by atomic mass is 35.5. The second-order valence-electron chi connectivity index (χ2n) is 5.68. The first kappa shape index (κ1) is 12.4. The molecule has 4 heterocycles. The SMILES string of the molecule is Fc1cc2c(N[C@H]3CN4CCC3CC4)noc2cc1Cl. The van der Waals surface area contributed by atoms with Gasteiger partial charge in [0.05, 0.1) is 10.4 Å². The molecule has 0 aliphatic carbocycles. The number of rotatable bonds is 2. The standard InChI is InChI=1S/C14H15ClFN3O/c15-10-6-13-9(5-11(10)16)14(18-20-13)17-12-7-19-3-1-8(12)2-4-19/h5-6,8,12H,1-4,7H2,(H,17,18)/t12-/m0/s1. The maximum atomic E-state index is 13.6. The lowest BCUT2D eigenvalue weighted by molar-refractivity contribution is 0.0973. The summed E-state index contributed by atoms with van der Waals surface area (Å²) in [6, 6.07) is 3.23. The highest BCUT2D eigenvalue weighted by Gasteiger charge is 2.34. The van der Waals surface area contributed by atoms with Crippen molar-refractivity contribution < 1.29 is 8.91 Å². The van der Waals surface area contributed by atoms with Gasteiger partial charge in [-0.1, -0.05) is 16.8 Å². The molecule has 2 aromatic rings. The van der Waals surface area contributed by atoms with Gasteiger partial charge in [-0.3, -0.25) is 0 Å². The van der Waals surface area contributed by atoms with Gasteiger partial charge in [-0.15, -0.1) is 0 Å². The first-order valence-corrected chi connectivity index (χ1v) is 7.32. The normalized spacial score (nSPS) is 29.0. The van der Waals surface area contributed by atoms with Crippen molar-refractivity contribution >= 4 is 28.4 Å². The third kappa shape index (κ3) is 1.96. The summed E-state index contributed by atoms with van der Waals surface area (Å²) in [5.74, 6) is 0.845. The van der Waals surface area contributed by atoms with Crippen LogP contribution < -0.4 is 5.32 Å². The number of benzene rings is 1. The summed E-state index contributed by atoms with van der Waals surface area (Å²) in [6.07, 6.45) is 2.43. The maximum absolute atomic E-state index is 13.6. The Kier molecular flexibility index (Phi) is 2.86. The molecule has 0 saturated carbocycles. The number of hydrogen-bond acceptors (Lipinski definition) is 4. The van der Waals surface area contributed by atoms with Gasteiger partial charge in [-0.2, -0.15) is 0 Å². The molecule has 4 nitrogen and oxygen atoms in total. The lowest BCUT2D eigenvalue weighted by atomic mass is 9.84. The average Bonchev–Trinajstić information content (AvgIpc) is 2.83. The Morgan fingerprint density at radius 2 is 2.15 bits per heavy atom. The van der Waals surface area contributed by atoms with E-state index in [0.717, 1.165) is 6.54 Å². The zero-order valence-electron chi connectivity index (χ0n) is 10.9. The minimum Gasteiger partial charge on any atom is -0.362 e. The quantitative estimate of drug-likeness (QED) is 0.924. The van der Waals surface area contributed by atoms with Crippen molar-refractivity contribution in [3.63, 3.8) is 0 Å². The summed E-state index contributed by atoms with van der Waals surface area (Å²) in [5.41, 5.74) is 0.514. The molecule has 3 aliphatic heterocycles. The number of halogens is 2. The summed E-state index contributed by atoms with van der Waals surface area (Å²) in [4.78, 5) is 2.46. The van der Waals surface area contributed by atoms with Gasteiger partial charge in [0.1, 0.15) is 5.82 Å². The molecule has 106 valence electrons. The molecule has 0 unspecified atom stereocenters. The Balaban J connectivity index is 1.64. The van der Waals surface area contributed by atoms with Crippen molar-refractivity contribution in [3.8, 4) is 0 Å². The van der Waals surface area contributed by atoms with Crippen molar-refractivity contribution in [2.24, 2.45) is 5.92 Å². The Bertz CT molecular complexity index is 651. The van der Waals surface area contributed by atoms with Crippen LogP contribution in [0.15, 0.2) is 16.7 Å². The Labute approximate surface area is 120 Å². The smallest absolute Gasteiger partial charge is 0.177 e. The first-order valence-electron chi connectivity index (χ1n) is 6.94. The molecule has 1 atom stereocenters. The average molecular weight is 296 g/mol. The zero-order chi connectivity index (χ0) is 13.7. The third-order valence-corrected chi connectivity index (χ3v) is 4.78. The Morgan fingerprint density at radius 3 is 2.85 bits per heavy atom. The first-order chi connectivity index (χ1) is 9.70. The lowest BCUT2D eigenvalue weighted by Crippen LogP contribution is -2.53. The molecule has 5 rings (SSSR count). The Morgan fingerprint density at radius 1 is 1.35 bits per heavy atom. The molecule has 1 aromatic heterocycles. The second kappa shape index (κ2) is 4.60. The fourth-order valence-electron chi connectivity index (χ4n) is 3.34. The molecule has 6 heteroatoms. The minimum atomic E-state index is -0.445. The summed E-state index contributed by atoms with van der Waals surface area (Å²) < 4.78 is 18.8. The summed E-state index contributed by atoms with van der Waals surface area (Å²) in [6.45, 7) is 3.40. The molecule has 3 fully saturated rings. The lowest BCUT2D eigenvalue weighted by Gasteiger charge is -2.44. The van der Waals surface area contributed by atoms with Crippen molar-refractivity contribution in [3.05, 3.63) is 23.0 Å². The topological polar surface area (TPSA) is 41.3 Å². The summed E-state index contributed by atoms with van der Waals surface area (Å²) in [5, 5.41) is 8.17. The van der Waals surface area contributed by atoms with Crippen molar-refractivity contribution in [2.45, 2.75) is 18.9 Å². The zero-order valence-corrected chi connectivity index (χ0v) is 11.7. The van der Waals surface area contributed by atoms with E-state index in [9.17, 15) is 4.39 Å². The summed E-state index contributed by atoms with van der Waals surface area (Å²) >= 11 is 5.75. The van der Waals surface area contributed by atoms with E-state index >= 15 is 0 Å². The number of fused-ring (bicyclic) bond motifs is 4. The van der Waals surface area contributed by atoms with Gasteiger partial charge in [0, 0.05) is 18.7 Å². The second-order valence-corrected chi connectivity index (χ2v) is 6.09.